The van der Waals surface area contributed by atoms with Gasteiger partial charge in [-0.3, -0.25) is 9.59 Å². The van der Waals surface area contributed by atoms with Crippen LogP contribution >= 0.6 is 0 Å². The van der Waals surface area contributed by atoms with Gasteiger partial charge in [0.1, 0.15) is 18.3 Å². The Bertz CT molecular complexity index is 1010. The second kappa shape index (κ2) is 12.0. The molecule has 0 radical (unpaired) electrons. The van der Waals surface area contributed by atoms with Crippen molar-refractivity contribution in [2.75, 3.05) is 33.5 Å². The van der Waals surface area contributed by atoms with Gasteiger partial charge in [-0.2, -0.15) is 0 Å². The van der Waals surface area contributed by atoms with Crippen LogP contribution in [0, 0.1) is 11.8 Å². The Balaban J connectivity index is 2.04. The molecule has 1 aromatic rings. The molecule has 0 amide bonds. The van der Waals surface area contributed by atoms with Crippen LogP contribution in [0.15, 0.2) is 46.8 Å². The van der Waals surface area contributed by atoms with Gasteiger partial charge in [-0.15, -0.1) is 0 Å². The van der Waals surface area contributed by atoms with Gasteiger partial charge in [-0.1, -0.05) is 26.0 Å². The molecule has 0 saturated heterocycles. The summed E-state index contributed by atoms with van der Waals surface area (Å²) in [6.07, 6.45) is 1.37. The third-order valence-corrected chi connectivity index (χ3v) is 6.31. The molecule has 35 heavy (non-hydrogen) atoms. The van der Waals surface area contributed by atoms with Crippen LogP contribution in [0.4, 0.5) is 0 Å². The lowest BCUT2D eigenvalue weighted by atomic mass is 9.69. The number of Topliss-reactive ketones (excluding diaryl/α,β-unsaturated/α-hetero) is 1. The predicted octanol–water partition coefficient (Wildman–Crippen LogP) is 3.67. The SMILES string of the molecule is CCCOc1ccc([C@@H]2C(C(=O)OCCOCC)=C(C)NC3=C2C(=O)[C@H](C(=O)OC)[C@@H](C)C3)cc1. The van der Waals surface area contributed by atoms with E-state index in [0.717, 1.165) is 17.7 Å². The summed E-state index contributed by atoms with van der Waals surface area (Å²) >= 11 is 0. The van der Waals surface area contributed by atoms with Crippen molar-refractivity contribution in [3.63, 3.8) is 0 Å². The zero-order chi connectivity index (χ0) is 25.5. The van der Waals surface area contributed by atoms with Crippen LogP contribution in [-0.2, 0) is 28.6 Å². The van der Waals surface area contributed by atoms with Crippen molar-refractivity contribution >= 4 is 17.7 Å². The highest BCUT2D eigenvalue weighted by molar-refractivity contribution is 6.12. The molecule has 1 aliphatic heterocycles. The largest absolute Gasteiger partial charge is 0.494 e. The summed E-state index contributed by atoms with van der Waals surface area (Å²) in [5.74, 6) is -2.57. The molecule has 3 rings (SSSR count). The van der Waals surface area contributed by atoms with Crippen LogP contribution in [0.25, 0.3) is 0 Å². The van der Waals surface area contributed by atoms with Gasteiger partial charge in [0, 0.05) is 29.5 Å². The second-order valence-electron chi connectivity index (χ2n) is 8.79. The van der Waals surface area contributed by atoms with E-state index < -0.39 is 23.8 Å². The molecule has 190 valence electrons. The number of ketones is 1. The number of dihydropyridines is 1. The third-order valence-electron chi connectivity index (χ3n) is 6.31. The lowest BCUT2D eigenvalue weighted by Crippen LogP contribution is -2.43. The van der Waals surface area contributed by atoms with Crippen LogP contribution in [0.2, 0.25) is 0 Å². The number of nitrogens with one attached hydrogen (secondary N) is 1. The molecule has 1 N–H and O–H groups in total. The first-order valence-electron chi connectivity index (χ1n) is 12.1. The minimum absolute atomic E-state index is 0.0988. The van der Waals surface area contributed by atoms with E-state index in [1.807, 2.05) is 45.0 Å². The number of methoxy groups -OCH3 is 1. The highest BCUT2D eigenvalue weighted by atomic mass is 16.6. The summed E-state index contributed by atoms with van der Waals surface area (Å²) in [4.78, 5) is 39.5. The van der Waals surface area contributed by atoms with Gasteiger partial charge >= 0.3 is 11.9 Å². The van der Waals surface area contributed by atoms with E-state index in [0.29, 0.717) is 42.2 Å². The first-order valence-corrected chi connectivity index (χ1v) is 12.1. The van der Waals surface area contributed by atoms with Gasteiger partial charge in [0.25, 0.3) is 0 Å². The van der Waals surface area contributed by atoms with E-state index >= 15 is 0 Å². The molecule has 0 spiro atoms. The Morgan fingerprint density at radius 1 is 1.09 bits per heavy atom. The molecular weight excluding hydrogens is 450 g/mol. The average Bonchev–Trinajstić information content (AvgIpc) is 2.84. The monoisotopic (exact) mass is 485 g/mol. The molecule has 1 aliphatic carbocycles. The van der Waals surface area contributed by atoms with Gasteiger partial charge in [0.05, 0.1) is 25.9 Å². The smallest absolute Gasteiger partial charge is 0.336 e. The Hall–Kier alpha value is -3.13. The summed E-state index contributed by atoms with van der Waals surface area (Å²) in [5.41, 5.74) is 2.84. The van der Waals surface area contributed by atoms with Crippen LogP contribution in [0.1, 0.15) is 52.0 Å². The summed E-state index contributed by atoms with van der Waals surface area (Å²) in [5, 5.41) is 3.26. The van der Waals surface area contributed by atoms with Crippen LogP contribution in [0.3, 0.4) is 0 Å². The van der Waals surface area contributed by atoms with Gasteiger partial charge < -0.3 is 24.3 Å². The van der Waals surface area contributed by atoms with Crippen molar-refractivity contribution in [1.29, 1.82) is 0 Å². The topological polar surface area (TPSA) is 100 Å². The van der Waals surface area contributed by atoms with Crippen LogP contribution in [-0.4, -0.2) is 51.3 Å². The fourth-order valence-electron chi connectivity index (χ4n) is 4.68. The van der Waals surface area contributed by atoms with E-state index in [1.165, 1.54) is 7.11 Å². The fraction of sp³-hybridized carbons (Fsp3) is 0.519. The summed E-state index contributed by atoms with van der Waals surface area (Å²) in [6.45, 7) is 9.05. The molecule has 8 heteroatoms. The van der Waals surface area contributed by atoms with Crippen molar-refractivity contribution in [2.45, 2.75) is 46.5 Å². The number of ether oxygens (including phenoxy) is 4. The Morgan fingerprint density at radius 2 is 1.80 bits per heavy atom. The van der Waals surface area contributed by atoms with Crippen LogP contribution < -0.4 is 10.1 Å². The van der Waals surface area contributed by atoms with Crippen molar-refractivity contribution in [2.24, 2.45) is 11.8 Å². The van der Waals surface area contributed by atoms with Crippen molar-refractivity contribution in [3.05, 3.63) is 52.4 Å². The van der Waals surface area contributed by atoms with Gasteiger partial charge in [0.15, 0.2) is 5.78 Å². The van der Waals surface area contributed by atoms with E-state index in [2.05, 4.69) is 5.32 Å². The first kappa shape index (κ1) is 26.5. The number of rotatable bonds is 10. The number of hydrogen-bond donors (Lipinski definition) is 1. The second-order valence-corrected chi connectivity index (χ2v) is 8.79. The lowest BCUT2D eigenvalue weighted by Gasteiger charge is -2.38. The van der Waals surface area contributed by atoms with E-state index in [9.17, 15) is 14.4 Å². The number of hydrogen-bond acceptors (Lipinski definition) is 8. The molecule has 8 nitrogen and oxygen atoms in total. The zero-order valence-corrected chi connectivity index (χ0v) is 21.1. The summed E-state index contributed by atoms with van der Waals surface area (Å²) in [6, 6.07) is 7.36. The van der Waals surface area contributed by atoms with E-state index in [4.69, 9.17) is 18.9 Å². The maximum atomic E-state index is 13.7. The Morgan fingerprint density at radius 3 is 2.43 bits per heavy atom. The number of allylic oxidation sites excluding steroid dienone is 3. The minimum Gasteiger partial charge on any atom is -0.494 e. The molecule has 0 fully saturated rings. The van der Waals surface area contributed by atoms with E-state index in [1.54, 1.807) is 6.92 Å². The molecule has 1 heterocycles. The standard InChI is InChI=1S/C27H35NO7/c1-6-12-34-19-10-8-18(9-11-19)23-22(27(31)35-14-13-33-7-2)17(4)28-20-15-16(3)21(26(30)32-5)25(29)24(20)23/h8-11,16,21,23,28H,6-7,12-15H2,1-5H3/t16-,21+,23+/m0/s1. The quantitative estimate of drug-likeness (QED) is 0.304. The summed E-state index contributed by atoms with van der Waals surface area (Å²) in [7, 11) is 1.28. The Labute approximate surface area is 206 Å². The van der Waals surface area contributed by atoms with Crippen molar-refractivity contribution in [3.8, 4) is 5.75 Å². The highest BCUT2D eigenvalue weighted by Crippen LogP contribution is 2.45. The highest BCUT2D eigenvalue weighted by Gasteiger charge is 2.47. The van der Waals surface area contributed by atoms with E-state index in [-0.39, 0.29) is 24.9 Å². The van der Waals surface area contributed by atoms with Crippen molar-refractivity contribution < 1.29 is 33.3 Å². The molecule has 0 aromatic heterocycles. The third kappa shape index (κ3) is 5.75. The predicted molar refractivity (Wildman–Crippen MR) is 130 cm³/mol. The molecule has 2 aliphatic rings. The molecule has 1 aromatic carbocycles. The molecule has 0 unspecified atom stereocenters. The maximum absolute atomic E-state index is 13.7. The first-order chi connectivity index (χ1) is 16.8. The average molecular weight is 486 g/mol. The molecule has 0 bridgehead atoms. The maximum Gasteiger partial charge on any atom is 0.336 e. The molecular formula is C27H35NO7. The zero-order valence-electron chi connectivity index (χ0n) is 21.1. The fourth-order valence-corrected chi connectivity index (χ4v) is 4.68. The van der Waals surface area contributed by atoms with Gasteiger partial charge in [0.2, 0.25) is 0 Å². The minimum atomic E-state index is -0.927. The number of benzene rings is 1. The number of esters is 2. The van der Waals surface area contributed by atoms with Gasteiger partial charge in [-0.25, -0.2) is 4.79 Å². The lowest BCUT2D eigenvalue weighted by molar-refractivity contribution is -0.151. The normalized spacial score (nSPS) is 21.9. The number of carbonyl (C=O) groups excluding carboxylic acids is 3. The van der Waals surface area contributed by atoms with Crippen LogP contribution in [0.5, 0.6) is 5.75 Å². The van der Waals surface area contributed by atoms with Gasteiger partial charge in [-0.05, 0) is 50.3 Å². The molecule has 3 atom stereocenters. The summed E-state index contributed by atoms with van der Waals surface area (Å²) < 4.78 is 21.4. The Kier molecular flexibility index (Phi) is 9.09. The van der Waals surface area contributed by atoms with Crippen molar-refractivity contribution in [1.82, 2.24) is 5.32 Å². The number of carbonyl (C=O) groups is 3. The molecule has 0 saturated carbocycles.